The second-order valence-corrected chi connectivity index (χ2v) is 4.34. The van der Waals surface area contributed by atoms with Gasteiger partial charge in [0.25, 0.3) is 0 Å². The van der Waals surface area contributed by atoms with Crippen LogP contribution in [0.2, 0.25) is 0 Å². The molecule has 0 radical (unpaired) electrons. The molecule has 4 nitrogen and oxygen atoms in total. The lowest BCUT2D eigenvalue weighted by atomic mass is 10.0. The van der Waals surface area contributed by atoms with Gasteiger partial charge in [0.05, 0.1) is 13.2 Å². The first-order chi connectivity index (χ1) is 8.19. The molecule has 0 fully saturated rings. The fourth-order valence-electron chi connectivity index (χ4n) is 2.25. The Balaban J connectivity index is 2.66. The van der Waals surface area contributed by atoms with Gasteiger partial charge >= 0.3 is 0 Å². The van der Waals surface area contributed by atoms with E-state index in [9.17, 15) is 0 Å². The fraction of sp³-hybridized carbons (Fsp3) is 0.385. The molecule has 0 aliphatic rings. The van der Waals surface area contributed by atoms with Crippen molar-refractivity contribution in [3.8, 4) is 5.75 Å². The van der Waals surface area contributed by atoms with Gasteiger partial charge in [-0.2, -0.15) is 0 Å². The first-order valence-corrected chi connectivity index (χ1v) is 5.69. The number of nitrogens with two attached hydrogens (primary N) is 1. The third-order valence-electron chi connectivity index (χ3n) is 3.14. The van der Waals surface area contributed by atoms with E-state index in [2.05, 4.69) is 16.0 Å². The highest BCUT2D eigenvalue weighted by molar-refractivity contribution is 5.85. The molecule has 2 aromatic rings. The van der Waals surface area contributed by atoms with Gasteiger partial charge in [-0.25, -0.2) is 0 Å². The maximum atomic E-state index is 5.88. The number of ether oxygens (including phenoxy) is 1. The number of H-pyrrole nitrogens is 1. The molecule has 0 spiro atoms. The molecule has 0 amide bonds. The topological polar surface area (TPSA) is 54.3 Å². The molecule has 1 aromatic carbocycles. The number of aromatic amines is 1. The van der Waals surface area contributed by atoms with Gasteiger partial charge in [0.15, 0.2) is 0 Å². The van der Waals surface area contributed by atoms with E-state index in [1.165, 1.54) is 5.39 Å². The van der Waals surface area contributed by atoms with Crippen LogP contribution in [0.5, 0.6) is 5.75 Å². The van der Waals surface area contributed by atoms with E-state index in [-0.39, 0.29) is 6.04 Å². The Labute approximate surface area is 101 Å². The minimum atomic E-state index is 0.157. The van der Waals surface area contributed by atoms with E-state index in [0.717, 1.165) is 16.8 Å². The summed E-state index contributed by atoms with van der Waals surface area (Å²) in [5, 5.41) is 1.17. The number of methoxy groups -OCH3 is 1. The highest BCUT2D eigenvalue weighted by Gasteiger charge is 2.20. The molecule has 0 bridgehead atoms. The lowest BCUT2D eigenvalue weighted by Crippen LogP contribution is -2.27. The van der Waals surface area contributed by atoms with E-state index >= 15 is 0 Å². The van der Waals surface area contributed by atoms with Gasteiger partial charge in [-0.3, -0.25) is 0 Å². The zero-order valence-electron chi connectivity index (χ0n) is 10.5. The lowest BCUT2D eigenvalue weighted by molar-refractivity contribution is 0.297. The van der Waals surface area contributed by atoms with Gasteiger partial charge < -0.3 is 20.4 Å². The van der Waals surface area contributed by atoms with Gasteiger partial charge in [-0.15, -0.1) is 0 Å². The van der Waals surface area contributed by atoms with Gasteiger partial charge in [0.2, 0.25) is 0 Å². The van der Waals surface area contributed by atoms with Crippen LogP contribution in [0.1, 0.15) is 11.6 Å². The Kier molecular flexibility index (Phi) is 3.36. The Morgan fingerprint density at radius 1 is 1.35 bits per heavy atom. The molecule has 4 heteroatoms. The number of likely N-dealkylation sites (N-methyl/N-ethyl adjacent to an activating group) is 1. The standard InChI is InChI=1S/C13H19N3O/c1-16(2)11(8-14)13-9-6-7-15-10(9)4-5-12(13)17-3/h4-7,11,15H,8,14H2,1-3H3. The average Bonchev–Trinajstić information content (AvgIpc) is 2.77. The van der Waals surface area contributed by atoms with Crippen LogP contribution in [0, 0.1) is 0 Å². The number of rotatable bonds is 4. The second-order valence-electron chi connectivity index (χ2n) is 4.34. The highest BCUT2D eigenvalue weighted by atomic mass is 16.5. The Bertz CT molecular complexity index is 504. The highest BCUT2D eigenvalue weighted by Crippen LogP contribution is 2.34. The summed E-state index contributed by atoms with van der Waals surface area (Å²) in [6.45, 7) is 0.563. The van der Waals surface area contributed by atoms with Crippen LogP contribution in [0.25, 0.3) is 10.9 Å². The molecule has 0 aliphatic heterocycles. The summed E-state index contributed by atoms with van der Waals surface area (Å²) in [4.78, 5) is 5.33. The van der Waals surface area contributed by atoms with Gasteiger partial charge in [-0.05, 0) is 32.3 Å². The van der Waals surface area contributed by atoms with Crippen molar-refractivity contribution in [3.63, 3.8) is 0 Å². The SMILES string of the molecule is COc1ccc2[nH]ccc2c1C(CN)N(C)C. The largest absolute Gasteiger partial charge is 0.496 e. The molecule has 1 heterocycles. The summed E-state index contributed by atoms with van der Waals surface area (Å²) < 4.78 is 5.46. The van der Waals surface area contributed by atoms with E-state index in [4.69, 9.17) is 10.5 Å². The van der Waals surface area contributed by atoms with Gasteiger partial charge in [0.1, 0.15) is 5.75 Å². The predicted octanol–water partition coefficient (Wildman–Crippen LogP) is 1.74. The van der Waals surface area contributed by atoms with Crippen molar-refractivity contribution in [2.24, 2.45) is 5.73 Å². The Hall–Kier alpha value is -1.52. The molecule has 17 heavy (non-hydrogen) atoms. The summed E-state index contributed by atoms with van der Waals surface area (Å²) in [6.07, 6.45) is 1.94. The summed E-state index contributed by atoms with van der Waals surface area (Å²) in [5.41, 5.74) is 8.15. The monoisotopic (exact) mass is 233 g/mol. The summed E-state index contributed by atoms with van der Waals surface area (Å²) in [7, 11) is 5.76. The van der Waals surface area contributed by atoms with Crippen molar-refractivity contribution in [2.45, 2.75) is 6.04 Å². The van der Waals surface area contributed by atoms with Crippen molar-refractivity contribution < 1.29 is 4.74 Å². The van der Waals surface area contributed by atoms with Crippen LogP contribution in [-0.4, -0.2) is 37.6 Å². The predicted molar refractivity (Wildman–Crippen MR) is 70.3 cm³/mol. The molecular formula is C13H19N3O. The lowest BCUT2D eigenvalue weighted by Gasteiger charge is -2.25. The number of aromatic nitrogens is 1. The van der Waals surface area contributed by atoms with E-state index < -0.39 is 0 Å². The van der Waals surface area contributed by atoms with Crippen LogP contribution in [0.3, 0.4) is 0 Å². The van der Waals surface area contributed by atoms with Crippen LogP contribution >= 0.6 is 0 Å². The minimum absolute atomic E-state index is 0.157. The number of hydrogen-bond acceptors (Lipinski definition) is 3. The van der Waals surface area contributed by atoms with Crippen LogP contribution in [0.15, 0.2) is 24.4 Å². The third-order valence-corrected chi connectivity index (χ3v) is 3.14. The number of nitrogens with zero attached hydrogens (tertiary/aromatic N) is 1. The third kappa shape index (κ3) is 2.01. The summed E-state index contributed by atoms with van der Waals surface area (Å²) in [6, 6.07) is 6.24. The summed E-state index contributed by atoms with van der Waals surface area (Å²) in [5.74, 6) is 0.890. The number of nitrogens with one attached hydrogen (secondary N) is 1. The van der Waals surface area contributed by atoms with Crippen LogP contribution < -0.4 is 10.5 Å². The number of fused-ring (bicyclic) bond motifs is 1. The first-order valence-electron chi connectivity index (χ1n) is 5.69. The van der Waals surface area contributed by atoms with Crippen molar-refractivity contribution in [1.29, 1.82) is 0 Å². The summed E-state index contributed by atoms with van der Waals surface area (Å²) >= 11 is 0. The zero-order chi connectivity index (χ0) is 12.4. The normalized spacial score (nSPS) is 13.2. The minimum Gasteiger partial charge on any atom is -0.496 e. The second kappa shape index (κ2) is 4.77. The van der Waals surface area contributed by atoms with Crippen molar-refractivity contribution in [2.75, 3.05) is 27.7 Å². The molecule has 2 rings (SSSR count). The maximum Gasteiger partial charge on any atom is 0.124 e. The zero-order valence-corrected chi connectivity index (χ0v) is 10.5. The quantitative estimate of drug-likeness (QED) is 0.845. The molecule has 0 saturated heterocycles. The van der Waals surface area contributed by atoms with E-state index in [0.29, 0.717) is 6.54 Å². The molecule has 1 unspecified atom stereocenters. The molecule has 1 aromatic heterocycles. The van der Waals surface area contributed by atoms with E-state index in [1.54, 1.807) is 7.11 Å². The van der Waals surface area contributed by atoms with E-state index in [1.807, 2.05) is 32.4 Å². The molecule has 0 saturated carbocycles. The fourth-order valence-corrected chi connectivity index (χ4v) is 2.25. The Morgan fingerprint density at radius 3 is 2.71 bits per heavy atom. The Morgan fingerprint density at radius 2 is 2.12 bits per heavy atom. The first kappa shape index (κ1) is 12.0. The molecule has 92 valence electrons. The maximum absolute atomic E-state index is 5.88. The van der Waals surface area contributed by atoms with Crippen LogP contribution in [-0.2, 0) is 0 Å². The molecule has 1 atom stereocenters. The van der Waals surface area contributed by atoms with Gasteiger partial charge in [-0.1, -0.05) is 0 Å². The molecular weight excluding hydrogens is 214 g/mol. The number of hydrogen-bond donors (Lipinski definition) is 2. The van der Waals surface area contributed by atoms with Crippen molar-refractivity contribution in [1.82, 2.24) is 9.88 Å². The number of benzene rings is 1. The van der Waals surface area contributed by atoms with Crippen LogP contribution in [0.4, 0.5) is 0 Å². The average molecular weight is 233 g/mol. The van der Waals surface area contributed by atoms with Gasteiger partial charge in [0, 0.05) is 29.2 Å². The smallest absolute Gasteiger partial charge is 0.124 e. The molecule has 0 aliphatic carbocycles. The van der Waals surface area contributed by atoms with Crippen molar-refractivity contribution in [3.05, 3.63) is 30.0 Å². The van der Waals surface area contributed by atoms with Crippen molar-refractivity contribution >= 4 is 10.9 Å². The molecule has 3 N–H and O–H groups in total.